The second-order valence-corrected chi connectivity index (χ2v) is 5.97. The zero-order chi connectivity index (χ0) is 13.5. The number of rotatable bonds is 6. The van der Waals surface area contributed by atoms with Crippen LogP contribution in [0.2, 0.25) is 0 Å². The van der Waals surface area contributed by atoms with Gasteiger partial charge in [0.15, 0.2) is 0 Å². The molecular formula is C15H28N2O2. The lowest BCUT2D eigenvalue weighted by molar-refractivity contribution is -0.140. The number of methoxy groups -OCH3 is 1. The Morgan fingerprint density at radius 2 is 1.79 bits per heavy atom. The summed E-state index contributed by atoms with van der Waals surface area (Å²) in [5.41, 5.74) is 0. The van der Waals surface area contributed by atoms with Gasteiger partial charge in [0.25, 0.3) is 0 Å². The molecule has 2 fully saturated rings. The molecule has 0 N–H and O–H groups in total. The normalized spacial score (nSPS) is 22.8. The molecule has 19 heavy (non-hydrogen) atoms. The lowest BCUT2D eigenvalue weighted by atomic mass is 9.96. The van der Waals surface area contributed by atoms with E-state index in [0.717, 1.165) is 18.9 Å². The van der Waals surface area contributed by atoms with Crippen molar-refractivity contribution in [1.29, 1.82) is 0 Å². The van der Waals surface area contributed by atoms with E-state index in [4.69, 9.17) is 0 Å². The van der Waals surface area contributed by atoms with Crippen molar-refractivity contribution in [3.63, 3.8) is 0 Å². The first-order valence-electron chi connectivity index (χ1n) is 7.79. The molecule has 2 aliphatic rings. The number of hydrogen-bond acceptors (Lipinski definition) is 4. The molecule has 2 saturated heterocycles. The van der Waals surface area contributed by atoms with Crippen LogP contribution in [0.15, 0.2) is 0 Å². The van der Waals surface area contributed by atoms with Crippen molar-refractivity contribution in [2.75, 3.05) is 46.4 Å². The summed E-state index contributed by atoms with van der Waals surface area (Å²) < 4.78 is 4.67. The van der Waals surface area contributed by atoms with Crippen molar-refractivity contribution in [3.05, 3.63) is 0 Å². The van der Waals surface area contributed by atoms with Gasteiger partial charge >= 0.3 is 5.97 Å². The van der Waals surface area contributed by atoms with E-state index in [1.165, 1.54) is 65.5 Å². The zero-order valence-electron chi connectivity index (χ0n) is 12.3. The first kappa shape index (κ1) is 14.8. The largest absolute Gasteiger partial charge is 0.469 e. The molecular weight excluding hydrogens is 240 g/mol. The van der Waals surface area contributed by atoms with Crippen molar-refractivity contribution in [1.82, 2.24) is 9.80 Å². The monoisotopic (exact) mass is 268 g/mol. The molecule has 0 unspecified atom stereocenters. The fourth-order valence-electron chi connectivity index (χ4n) is 3.27. The molecule has 4 heteroatoms. The van der Waals surface area contributed by atoms with Crippen LogP contribution in [0.25, 0.3) is 0 Å². The third kappa shape index (κ3) is 5.11. The number of nitrogens with zero attached hydrogens (tertiary/aromatic N) is 2. The van der Waals surface area contributed by atoms with Crippen LogP contribution in [0.5, 0.6) is 0 Å². The highest BCUT2D eigenvalue weighted by molar-refractivity contribution is 5.69. The van der Waals surface area contributed by atoms with Gasteiger partial charge in [0.05, 0.1) is 7.11 Å². The van der Waals surface area contributed by atoms with Crippen molar-refractivity contribution in [2.24, 2.45) is 5.92 Å². The van der Waals surface area contributed by atoms with Gasteiger partial charge in [-0.05, 0) is 70.7 Å². The summed E-state index contributed by atoms with van der Waals surface area (Å²) in [5.74, 6) is 0.818. The molecule has 4 nitrogen and oxygen atoms in total. The highest BCUT2D eigenvalue weighted by atomic mass is 16.5. The lowest BCUT2D eigenvalue weighted by Crippen LogP contribution is -2.38. The van der Waals surface area contributed by atoms with Crippen LogP contribution < -0.4 is 0 Å². The van der Waals surface area contributed by atoms with Crippen LogP contribution in [-0.4, -0.2) is 62.1 Å². The molecule has 0 saturated carbocycles. The molecule has 0 aliphatic carbocycles. The van der Waals surface area contributed by atoms with Crippen LogP contribution in [0, 0.1) is 5.92 Å². The fraction of sp³-hybridized carbons (Fsp3) is 0.933. The van der Waals surface area contributed by atoms with Gasteiger partial charge < -0.3 is 14.5 Å². The van der Waals surface area contributed by atoms with E-state index in [9.17, 15) is 4.79 Å². The predicted molar refractivity (Wildman–Crippen MR) is 76.1 cm³/mol. The highest BCUT2D eigenvalue weighted by Crippen LogP contribution is 2.20. The molecule has 0 aromatic carbocycles. The minimum absolute atomic E-state index is 0.0797. The van der Waals surface area contributed by atoms with E-state index in [0.29, 0.717) is 6.42 Å². The number of hydrogen-bond donors (Lipinski definition) is 0. The van der Waals surface area contributed by atoms with Crippen molar-refractivity contribution in [3.8, 4) is 0 Å². The molecule has 2 heterocycles. The van der Waals surface area contributed by atoms with Gasteiger partial charge in [0, 0.05) is 13.0 Å². The van der Waals surface area contributed by atoms with Gasteiger partial charge in [0.1, 0.15) is 0 Å². The van der Waals surface area contributed by atoms with Gasteiger partial charge in [-0.2, -0.15) is 0 Å². The second-order valence-electron chi connectivity index (χ2n) is 5.97. The van der Waals surface area contributed by atoms with Crippen LogP contribution in [0.1, 0.15) is 38.5 Å². The van der Waals surface area contributed by atoms with E-state index in [-0.39, 0.29) is 5.97 Å². The molecule has 0 atom stereocenters. The Morgan fingerprint density at radius 1 is 1.11 bits per heavy atom. The van der Waals surface area contributed by atoms with Gasteiger partial charge in [-0.25, -0.2) is 0 Å². The quantitative estimate of drug-likeness (QED) is 0.687. The maximum absolute atomic E-state index is 11.1. The topological polar surface area (TPSA) is 32.8 Å². The first-order chi connectivity index (χ1) is 9.28. The third-order valence-electron chi connectivity index (χ3n) is 4.51. The van der Waals surface area contributed by atoms with E-state index < -0.39 is 0 Å². The second kappa shape index (κ2) is 7.85. The molecule has 0 spiro atoms. The summed E-state index contributed by atoms with van der Waals surface area (Å²) in [7, 11) is 1.46. The van der Waals surface area contributed by atoms with Gasteiger partial charge in [0.2, 0.25) is 0 Å². The number of ether oxygens (including phenoxy) is 1. The SMILES string of the molecule is COC(=O)CCCN1CCC(CN2CCCC2)CC1. The Bertz CT molecular complexity index is 269. The van der Waals surface area contributed by atoms with E-state index in [1.807, 2.05) is 0 Å². The lowest BCUT2D eigenvalue weighted by Gasteiger charge is -2.33. The zero-order valence-corrected chi connectivity index (χ0v) is 12.3. The number of likely N-dealkylation sites (tertiary alicyclic amines) is 2. The van der Waals surface area contributed by atoms with Crippen LogP contribution >= 0.6 is 0 Å². The minimum Gasteiger partial charge on any atom is -0.469 e. The molecule has 0 amide bonds. The van der Waals surface area contributed by atoms with Crippen LogP contribution in [0.4, 0.5) is 0 Å². The molecule has 110 valence electrons. The molecule has 2 rings (SSSR count). The summed E-state index contributed by atoms with van der Waals surface area (Å²) in [6, 6.07) is 0. The first-order valence-corrected chi connectivity index (χ1v) is 7.79. The molecule has 0 aromatic heterocycles. The fourth-order valence-corrected chi connectivity index (χ4v) is 3.27. The molecule has 0 radical (unpaired) electrons. The summed E-state index contributed by atoms with van der Waals surface area (Å²) in [6.45, 7) is 7.42. The van der Waals surface area contributed by atoms with Gasteiger partial charge in [-0.15, -0.1) is 0 Å². The molecule has 0 bridgehead atoms. The Morgan fingerprint density at radius 3 is 2.42 bits per heavy atom. The van der Waals surface area contributed by atoms with Crippen molar-refractivity contribution >= 4 is 5.97 Å². The number of piperidine rings is 1. The summed E-state index contributed by atoms with van der Waals surface area (Å²) in [4.78, 5) is 16.2. The van der Waals surface area contributed by atoms with E-state index >= 15 is 0 Å². The maximum Gasteiger partial charge on any atom is 0.305 e. The summed E-state index contributed by atoms with van der Waals surface area (Å²) in [5, 5.41) is 0. The highest BCUT2D eigenvalue weighted by Gasteiger charge is 2.22. The Labute approximate surface area is 117 Å². The molecule has 2 aliphatic heterocycles. The average Bonchev–Trinajstić information content (AvgIpc) is 2.93. The number of carbonyl (C=O) groups is 1. The van der Waals surface area contributed by atoms with E-state index in [2.05, 4.69) is 14.5 Å². The smallest absolute Gasteiger partial charge is 0.305 e. The van der Waals surface area contributed by atoms with Crippen molar-refractivity contribution < 1.29 is 9.53 Å². The summed E-state index contributed by atoms with van der Waals surface area (Å²) >= 11 is 0. The standard InChI is InChI=1S/C15H28N2O2/c1-19-15(18)5-4-10-16-11-6-14(7-12-16)13-17-8-2-3-9-17/h14H,2-13H2,1H3. The third-order valence-corrected chi connectivity index (χ3v) is 4.51. The minimum atomic E-state index is -0.0797. The Hall–Kier alpha value is -0.610. The Balaban J connectivity index is 1.55. The maximum atomic E-state index is 11.1. The van der Waals surface area contributed by atoms with Crippen molar-refractivity contribution in [2.45, 2.75) is 38.5 Å². The Kier molecular flexibility index (Phi) is 6.11. The van der Waals surface area contributed by atoms with Gasteiger partial charge in [-0.3, -0.25) is 4.79 Å². The number of carbonyl (C=O) groups excluding carboxylic acids is 1. The predicted octanol–water partition coefficient (Wildman–Crippen LogP) is 1.75. The van der Waals surface area contributed by atoms with Crippen LogP contribution in [-0.2, 0) is 9.53 Å². The van der Waals surface area contributed by atoms with E-state index in [1.54, 1.807) is 0 Å². The number of esters is 1. The van der Waals surface area contributed by atoms with Crippen LogP contribution in [0.3, 0.4) is 0 Å². The average molecular weight is 268 g/mol. The van der Waals surface area contributed by atoms with Gasteiger partial charge in [-0.1, -0.05) is 0 Å². The summed E-state index contributed by atoms with van der Waals surface area (Å²) in [6.07, 6.45) is 6.94. The molecule has 0 aromatic rings.